The monoisotopic (exact) mass is 427 g/mol. The van der Waals surface area contributed by atoms with Crippen molar-refractivity contribution < 1.29 is 18.7 Å². The van der Waals surface area contributed by atoms with Gasteiger partial charge in [0.05, 0.1) is 18.4 Å². The number of carbonyl (C=O) groups is 1. The van der Waals surface area contributed by atoms with E-state index in [2.05, 4.69) is 4.98 Å². The van der Waals surface area contributed by atoms with Gasteiger partial charge in [0, 0.05) is 34.3 Å². The fourth-order valence-electron chi connectivity index (χ4n) is 2.87. The number of aromatic nitrogens is 1. The number of halogens is 1. The number of ether oxygens (including phenoxy) is 2. The number of methoxy groups -OCH3 is 1. The second kappa shape index (κ2) is 7.69. The molecule has 0 fully saturated rings. The summed E-state index contributed by atoms with van der Waals surface area (Å²) in [5.41, 5.74) is 1.52. The Hall–Kier alpha value is -3.16. The van der Waals surface area contributed by atoms with Gasteiger partial charge >= 0.3 is 11.6 Å². The summed E-state index contributed by atoms with van der Waals surface area (Å²) in [6, 6.07) is 11.8. The van der Waals surface area contributed by atoms with Gasteiger partial charge in [0.15, 0.2) is 0 Å². The van der Waals surface area contributed by atoms with E-state index in [4.69, 9.17) is 25.5 Å². The molecule has 0 amide bonds. The summed E-state index contributed by atoms with van der Waals surface area (Å²) in [7, 11) is 1.57. The van der Waals surface area contributed by atoms with Crippen LogP contribution in [-0.2, 0) is 4.79 Å². The first-order valence-electron chi connectivity index (χ1n) is 8.51. The van der Waals surface area contributed by atoms with Crippen LogP contribution in [0.5, 0.6) is 11.5 Å². The van der Waals surface area contributed by atoms with E-state index in [0.29, 0.717) is 43.8 Å². The quantitative estimate of drug-likeness (QED) is 0.254. The van der Waals surface area contributed by atoms with E-state index in [9.17, 15) is 9.59 Å². The first kappa shape index (κ1) is 19.2. The third-order valence-corrected chi connectivity index (χ3v) is 5.25. The Morgan fingerprint density at radius 3 is 2.72 bits per heavy atom. The molecule has 8 heteroatoms. The fourth-order valence-corrected chi connectivity index (χ4v) is 3.87. The molecule has 0 aliphatic carbocycles. The zero-order valence-corrected chi connectivity index (χ0v) is 17.0. The van der Waals surface area contributed by atoms with E-state index < -0.39 is 11.6 Å². The van der Waals surface area contributed by atoms with Crippen molar-refractivity contribution in [3.05, 3.63) is 63.3 Å². The van der Waals surface area contributed by atoms with E-state index in [0.717, 1.165) is 5.56 Å². The maximum atomic E-state index is 12.5. The zero-order valence-electron chi connectivity index (χ0n) is 15.4. The minimum atomic E-state index is -0.531. The Morgan fingerprint density at radius 1 is 1.14 bits per heavy atom. The molecule has 2 aromatic heterocycles. The molecule has 0 bridgehead atoms. The molecule has 4 rings (SSSR count). The lowest BCUT2D eigenvalue weighted by Crippen LogP contribution is -2.04. The Bertz CT molecular complexity index is 1290. The van der Waals surface area contributed by atoms with Crippen LogP contribution < -0.4 is 15.1 Å². The highest BCUT2D eigenvalue weighted by atomic mass is 35.5. The summed E-state index contributed by atoms with van der Waals surface area (Å²) in [6.07, 6.45) is 0. The van der Waals surface area contributed by atoms with Crippen LogP contribution in [-0.4, -0.2) is 18.1 Å². The standard InChI is InChI=1S/C21H14ClNO5S/c1-11(24)27-14-5-3-12-7-16(21(25)28-19(12)9-14)20-23-17(10-29-20)15-8-13(22)4-6-18(15)26-2/h3-10H,1-2H3. The smallest absolute Gasteiger partial charge is 0.346 e. The predicted octanol–water partition coefficient (Wildman–Crippen LogP) is 5.17. The largest absolute Gasteiger partial charge is 0.496 e. The summed E-state index contributed by atoms with van der Waals surface area (Å²) in [5.74, 6) is 0.496. The van der Waals surface area contributed by atoms with Crippen LogP contribution in [0.2, 0.25) is 5.02 Å². The molecule has 0 saturated heterocycles. The molecule has 6 nitrogen and oxygen atoms in total. The third-order valence-electron chi connectivity index (χ3n) is 4.14. The van der Waals surface area contributed by atoms with Crippen LogP contribution in [0.3, 0.4) is 0 Å². The van der Waals surface area contributed by atoms with Crippen LogP contribution in [0.4, 0.5) is 0 Å². The van der Waals surface area contributed by atoms with Crippen LogP contribution in [0, 0.1) is 0 Å². The van der Waals surface area contributed by atoms with Crippen LogP contribution in [0.15, 0.2) is 57.1 Å². The minimum absolute atomic E-state index is 0.311. The van der Waals surface area contributed by atoms with Gasteiger partial charge in [-0.1, -0.05) is 11.6 Å². The van der Waals surface area contributed by atoms with E-state index in [1.807, 2.05) is 5.38 Å². The highest BCUT2D eigenvalue weighted by Gasteiger charge is 2.16. The second-order valence-corrected chi connectivity index (χ2v) is 7.42. The van der Waals surface area contributed by atoms with Crippen molar-refractivity contribution >= 4 is 39.9 Å². The number of fused-ring (bicyclic) bond motifs is 1. The summed E-state index contributed by atoms with van der Waals surface area (Å²) in [5, 5.41) is 3.59. The fraction of sp³-hybridized carbons (Fsp3) is 0.0952. The van der Waals surface area contributed by atoms with E-state index in [1.165, 1.54) is 24.3 Å². The van der Waals surface area contributed by atoms with Gasteiger partial charge < -0.3 is 13.9 Å². The summed E-state index contributed by atoms with van der Waals surface area (Å²) < 4.78 is 15.8. The van der Waals surface area contributed by atoms with Crippen molar-refractivity contribution in [1.82, 2.24) is 4.98 Å². The average Bonchev–Trinajstić information content (AvgIpc) is 3.16. The number of benzene rings is 2. The number of rotatable bonds is 4. The van der Waals surface area contributed by atoms with Gasteiger partial charge in [0.25, 0.3) is 0 Å². The van der Waals surface area contributed by atoms with Crippen molar-refractivity contribution in [2.24, 2.45) is 0 Å². The van der Waals surface area contributed by atoms with Gasteiger partial charge in [0.2, 0.25) is 0 Å². The average molecular weight is 428 g/mol. The molecule has 0 saturated carbocycles. The first-order valence-corrected chi connectivity index (χ1v) is 9.76. The molecule has 0 atom stereocenters. The molecule has 146 valence electrons. The minimum Gasteiger partial charge on any atom is -0.496 e. The van der Waals surface area contributed by atoms with E-state index in [1.54, 1.807) is 43.5 Å². The number of hydrogen-bond donors (Lipinski definition) is 0. The Labute approximate surface area is 174 Å². The molecule has 0 aliphatic rings. The number of carbonyl (C=O) groups excluding carboxylic acids is 1. The number of thiazole rings is 1. The Morgan fingerprint density at radius 2 is 1.97 bits per heavy atom. The Balaban J connectivity index is 1.76. The van der Waals surface area contributed by atoms with Crippen LogP contribution in [0.25, 0.3) is 32.8 Å². The van der Waals surface area contributed by atoms with Crippen LogP contribution >= 0.6 is 22.9 Å². The van der Waals surface area contributed by atoms with Gasteiger partial charge in [-0.2, -0.15) is 0 Å². The SMILES string of the molecule is COc1ccc(Cl)cc1-c1csc(-c2cc3ccc(OC(C)=O)cc3oc2=O)n1. The molecule has 0 spiro atoms. The maximum Gasteiger partial charge on any atom is 0.346 e. The van der Waals surface area contributed by atoms with Gasteiger partial charge in [-0.3, -0.25) is 4.79 Å². The highest BCUT2D eigenvalue weighted by molar-refractivity contribution is 7.13. The van der Waals surface area contributed by atoms with E-state index >= 15 is 0 Å². The molecular weight excluding hydrogens is 414 g/mol. The van der Waals surface area contributed by atoms with Crippen molar-refractivity contribution in [2.45, 2.75) is 6.92 Å². The lowest BCUT2D eigenvalue weighted by atomic mass is 10.1. The van der Waals surface area contributed by atoms with Crippen LogP contribution in [0.1, 0.15) is 6.92 Å². The van der Waals surface area contributed by atoms with E-state index in [-0.39, 0.29) is 0 Å². The maximum absolute atomic E-state index is 12.5. The van der Waals surface area contributed by atoms with Crippen molar-refractivity contribution in [1.29, 1.82) is 0 Å². The topological polar surface area (TPSA) is 78.6 Å². The molecule has 4 aromatic rings. The summed E-state index contributed by atoms with van der Waals surface area (Å²) in [6.45, 7) is 1.30. The first-order chi connectivity index (χ1) is 13.9. The lowest BCUT2D eigenvalue weighted by Gasteiger charge is -2.06. The molecule has 29 heavy (non-hydrogen) atoms. The molecule has 2 heterocycles. The Kier molecular flexibility index (Phi) is 5.08. The van der Waals surface area contributed by atoms with Gasteiger partial charge in [-0.05, 0) is 36.4 Å². The highest BCUT2D eigenvalue weighted by Crippen LogP contribution is 2.35. The third kappa shape index (κ3) is 3.87. The number of hydrogen-bond acceptors (Lipinski definition) is 7. The van der Waals surface area contributed by atoms with Crippen molar-refractivity contribution in [3.63, 3.8) is 0 Å². The van der Waals surface area contributed by atoms with Gasteiger partial charge in [-0.15, -0.1) is 11.3 Å². The summed E-state index contributed by atoms with van der Waals surface area (Å²) in [4.78, 5) is 28.2. The predicted molar refractivity (Wildman–Crippen MR) is 112 cm³/mol. The lowest BCUT2D eigenvalue weighted by molar-refractivity contribution is -0.131. The summed E-state index contributed by atoms with van der Waals surface area (Å²) >= 11 is 7.42. The molecule has 2 aromatic carbocycles. The zero-order chi connectivity index (χ0) is 20.5. The normalized spacial score (nSPS) is 10.9. The molecule has 0 N–H and O–H groups in total. The molecule has 0 radical (unpaired) electrons. The van der Waals surface area contributed by atoms with Crippen molar-refractivity contribution in [3.8, 4) is 33.3 Å². The number of esters is 1. The molecule has 0 unspecified atom stereocenters. The molecule has 0 aliphatic heterocycles. The van der Waals surface area contributed by atoms with Crippen molar-refractivity contribution in [2.75, 3.05) is 7.11 Å². The number of nitrogens with zero attached hydrogens (tertiary/aromatic N) is 1. The second-order valence-electron chi connectivity index (χ2n) is 6.12. The van der Waals surface area contributed by atoms with Gasteiger partial charge in [-0.25, -0.2) is 9.78 Å². The van der Waals surface area contributed by atoms with Gasteiger partial charge in [0.1, 0.15) is 22.1 Å². The molecular formula is C21H14ClNO5S.